The van der Waals surface area contributed by atoms with Gasteiger partial charge < -0.3 is 25.0 Å². The number of hydrogen-bond donors (Lipinski definition) is 2. The van der Waals surface area contributed by atoms with Crippen molar-refractivity contribution in [1.29, 1.82) is 0 Å². The number of halogens is 1. The van der Waals surface area contributed by atoms with Crippen molar-refractivity contribution >= 4 is 36.0 Å². The molecule has 0 aromatic heterocycles. The number of carbonyl (C=O) groups is 1. The number of hydrogen-bond acceptors (Lipinski definition) is 5. The van der Waals surface area contributed by atoms with Crippen LogP contribution in [0.2, 0.25) is 0 Å². The summed E-state index contributed by atoms with van der Waals surface area (Å²) in [6.45, 7) is 13.8. The molecular weight excluding hydrogens is 509 g/mol. The first kappa shape index (κ1) is 26.4. The average Bonchev–Trinajstić information content (AvgIpc) is 2.95. The Morgan fingerprint density at radius 2 is 1.81 bits per heavy atom. The lowest BCUT2D eigenvalue weighted by Crippen LogP contribution is -2.55. The summed E-state index contributed by atoms with van der Waals surface area (Å²) in [4.78, 5) is 21.5. The molecule has 3 atom stereocenters. The van der Waals surface area contributed by atoms with Crippen LogP contribution >= 0.6 is 24.0 Å². The Morgan fingerprint density at radius 3 is 2.35 bits per heavy atom. The number of carbonyl (C=O) groups excluding carboxylic acids is 1. The topological polar surface area (TPSA) is 78.4 Å². The highest BCUT2D eigenvalue weighted by molar-refractivity contribution is 14.0. The molecule has 3 fully saturated rings. The molecule has 3 aliphatic heterocycles. The molecule has 0 saturated carbocycles. The van der Waals surface area contributed by atoms with E-state index in [4.69, 9.17) is 9.47 Å². The molecule has 1 amide bonds. The standard InChI is InChI=1S/C22H41N5O3.HI/c1-16(15-26-8-10-29-11-9-26)14-24-20(23-5)25-17-12-18-6-7-19(13-17)27(18)21(28)30-22(2,3)4;/h16-19H,6-15H2,1-5H3,(H2,23,24,25);1H. The number of morpholine rings is 1. The molecule has 180 valence electrons. The molecule has 0 spiro atoms. The van der Waals surface area contributed by atoms with E-state index in [-0.39, 0.29) is 42.2 Å². The number of amides is 1. The monoisotopic (exact) mass is 551 g/mol. The van der Waals surface area contributed by atoms with Gasteiger partial charge in [0.1, 0.15) is 5.60 Å². The quantitative estimate of drug-likeness (QED) is 0.311. The second kappa shape index (κ2) is 11.9. The van der Waals surface area contributed by atoms with Gasteiger partial charge in [-0.1, -0.05) is 6.92 Å². The van der Waals surface area contributed by atoms with E-state index in [0.717, 1.165) is 71.0 Å². The normalized spacial score (nSPS) is 28.0. The predicted molar refractivity (Wildman–Crippen MR) is 134 cm³/mol. The second-order valence-corrected chi connectivity index (χ2v) is 10.1. The minimum atomic E-state index is -0.449. The Balaban J connectivity index is 0.00000341. The van der Waals surface area contributed by atoms with Crippen LogP contribution in [0.3, 0.4) is 0 Å². The van der Waals surface area contributed by atoms with E-state index in [9.17, 15) is 4.79 Å². The molecule has 2 N–H and O–H groups in total. The van der Waals surface area contributed by atoms with E-state index in [1.54, 1.807) is 0 Å². The van der Waals surface area contributed by atoms with Crippen molar-refractivity contribution in [3.05, 3.63) is 0 Å². The number of nitrogens with zero attached hydrogens (tertiary/aromatic N) is 3. The van der Waals surface area contributed by atoms with Crippen molar-refractivity contribution in [2.24, 2.45) is 10.9 Å². The Labute approximate surface area is 204 Å². The van der Waals surface area contributed by atoms with Gasteiger partial charge in [-0.15, -0.1) is 24.0 Å². The number of nitrogens with one attached hydrogen (secondary N) is 2. The molecule has 0 aliphatic carbocycles. The number of piperidine rings is 1. The Kier molecular flexibility index (Phi) is 10.1. The van der Waals surface area contributed by atoms with E-state index in [1.807, 2.05) is 32.7 Å². The van der Waals surface area contributed by atoms with Gasteiger partial charge in [0.05, 0.1) is 13.2 Å². The zero-order chi connectivity index (χ0) is 21.7. The summed E-state index contributed by atoms with van der Waals surface area (Å²) in [6, 6.07) is 0.853. The van der Waals surface area contributed by atoms with Gasteiger partial charge in [-0.3, -0.25) is 9.89 Å². The molecule has 0 aromatic carbocycles. The Morgan fingerprint density at radius 1 is 1.19 bits per heavy atom. The molecule has 9 heteroatoms. The lowest BCUT2D eigenvalue weighted by atomic mass is 9.98. The first-order valence-electron chi connectivity index (χ1n) is 11.5. The van der Waals surface area contributed by atoms with E-state index in [0.29, 0.717) is 12.0 Å². The van der Waals surface area contributed by atoms with Gasteiger partial charge in [0.15, 0.2) is 5.96 Å². The van der Waals surface area contributed by atoms with E-state index in [1.165, 1.54) is 0 Å². The number of fused-ring (bicyclic) bond motifs is 2. The highest BCUT2D eigenvalue weighted by atomic mass is 127. The highest BCUT2D eigenvalue weighted by Gasteiger charge is 2.45. The minimum absolute atomic E-state index is 0. The lowest BCUT2D eigenvalue weighted by Gasteiger charge is -2.40. The summed E-state index contributed by atoms with van der Waals surface area (Å²) in [5.74, 6) is 1.39. The maximum absolute atomic E-state index is 12.6. The number of rotatable bonds is 5. The smallest absolute Gasteiger partial charge is 0.410 e. The largest absolute Gasteiger partial charge is 0.444 e. The Hall–Kier alpha value is -0.810. The van der Waals surface area contributed by atoms with Crippen molar-refractivity contribution in [2.75, 3.05) is 46.4 Å². The van der Waals surface area contributed by atoms with Crippen molar-refractivity contribution in [1.82, 2.24) is 20.4 Å². The highest BCUT2D eigenvalue weighted by Crippen LogP contribution is 2.36. The first-order chi connectivity index (χ1) is 14.2. The van der Waals surface area contributed by atoms with Crippen LogP contribution in [0.4, 0.5) is 4.79 Å². The second-order valence-electron chi connectivity index (χ2n) is 10.1. The fourth-order valence-corrected chi connectivity index (χ4v) is 4.86. The summed E-state index contributed by atoms with van der Waals surface area (Å²) in [7, 11) is 1.83. The molecule has 31 heavy (non-hydrogen) atoms. The van der Waals surface area contributed by atoms with Crippen LogP contribution in [0.15, 0.2) is 4.99 Å². The van der Waals surface area contributed by atoms with Crippen LogP contribution in [-0.2, 0) is 9.47 Å². The predicted octanol–water partition coefficient (Wildman–Crippen LogP) is 2.67. The molecule has 3 saturated heterocycles. The van der Waals surface area contributed by atoms with Crippen LogP contribution in [0.1, 0.15) is 53.4 Å². The summed E-state index contributed by atoms with van der Waals surface area (Å²) in [5, 5.41) is 7.10. The van der Waals surface area contributed by atoms with Gasteiger partial charge in [-0.05, 0) is 52.4 Å². The Bertz CT molecular complexity index is 592. The van der Waals surface area contributed by atoms with Crippen LogP contribution in [0, 0.1) is 5.92 Å². The third-order valence-corrected chi connectivity index (χ3v) is 6.19. The third kappa shape index (κ3) is 7.92. The molecule has 3 heterocycles. The zero-order valence-corrected chi connectivity index (χ0v) is 22.2. The molecule has 0 radical (unpaired) electrons. The van der Waals surface area contributed by atoms with Gasteiger partial charge >= 0.3 is 6.09 Å². The van der Waals surface area contributed by atoms with Gasteiger partial charge in [-0.25, -0.2) is 4.79 Å². The molecule has 8 nitrogen and oxygen atoms in total. The lowest BCUT2D eigenvalue weighted by molar-refractivity contribution is 0.00543. The fourth-order valence-electron chi connectivity index (χ4n) is 4.86. The van der Waals surface area contributed by atoms with Crippen molar-refractivity contribution in [2.45, 2.75) is 77.1 Å². The zero-order valence-electron chi connectivity index (χ0n) is 19.9. The summed E-state index contributed by atoms with van der Waals surface area (Å²) >= 11 is 0. The SMILES string of the molecule is CN=C(NCC(C)CN1CCOCC1)NC1CC2CCC(C1)N2C(=O)OC(C)(C)C.I. The number of guanidine groups is 1. The average molecular weight is 552 g/mol. The van der Waals surface area contributed by atoms with E-state index in [2.05, 4.69) is 27.4 Å². The van der Waals surface area contributed by atoms with Gasteiger partial charge in [0, 0.05) is 51.4 Å². The van der Waals surface area contributed by atoms with E-state index < -0.39 is 5.60 Å². The molecule has 2 bridgehead atoms. The molecule has 3 unspecified atom stereocenters. The first-order valence-corrected chi connectivity index (χ1v) is 11.5. The van der Waals surface area contributed by atoms with Crippen LogP contribution in [0.5, 0.6) is 0 Å². The van der Waals surface area contributed by atoms with E-state index >= 15 is 0 Å². The molecule has 0 aromatic rings. The maximum atomic E-state index is 12.6. The van der Waals surface area contributed by atoms with Crippen LogP contribution in [-0.4, -0.2) is 92.0 Å². The summed E-state index contributed by atoms with van der Waals surface area (Å²) < 4.78 is 11.1. The fraction of sp³-hybridized carbons (Fsp3) is 0.909. The summed E-state index contributed by atoms with van der Waals surface area (Å²) in [5.41, 5.74) is -0.449. The maximum Gasteiger partial charge on any atom is 0.410 e. The van der Waals surface area contributed by atoms with Crippen LogP contribution < -0.4 is 10.6 Å². The van der Waals surface area contributed by atoms with Crippen LogP contribution in [0.25, 0.3) is 0 Å². The van der Waals surface area contributed by atoms with Crippen molar-refractivity contribution in [3.8, 4) is 0 Å². The number of aliphatic imine (C=N–C) groups is 1. The molecule has 3 aliphatic rings. The molecule has 3 rings (SSSR count). The van der Waals surface area contributed by atoms with Gasteiger partial charge in [0.25, 0.3) is 0 Å². The van der Waals surface area contributed by atoms with Crippen molar-refractivity contribution in [3.63, 3.8) is 0 Å². The summed E-state index contributed by atoms with van der Waals surface area (Å²) in [6.07, 6.45) is 3.85. The van der Waals surface area contributed by atoms with Crippen molar-refractivity contribution < 1.29 is 14.3 Å². The van der Waals surface area contributed by atoms with Gasteiger partial charge in [0.2, 0.25) is 0 Å². The minimum Gasteiger partial charge on any atom is -0.444 e. The number of ether oxygens (including phenoxy) is 2. The third-order valence-electron chi connectivity index (χ3n) is 6.19. The van der Waals surface area contributed by atoms with Gasteiger partial charge in [-0.2, -0.15) is 0 Å². The molecular formula is C22H42IN5O3.